The Bertz CT molecular complexity index is 1910. The molecule has 374 valence electrons. The van der Waals surface area contributed by atoms with Crippen LogP contribution in [0.2, 0.25) is 0 Å². The number of hydrogen-bond acceptors (Lipinski definition) is 15. The maximum absolute atomic E-state index is 15.5. The number of amides is 2. The zero-order chi connectivity index (χ0) is 49.3. The number of hydrogen-bond donors (Lipinski definition) is 0. The van der Waals surface area contributed by atoms with Gasteiger partial charge in [0.1, 0.15) is 47.4 Å². The van der Waals surface area contributed by atoms with Gasteiger partial charge in [-0.15, -0.1) is 0 Å². The van der Waals surface area contributed by atoms with E-state index in [-0.39, 0.29) is 55.1 Å². The number of likely N-dealkylation sites (N-methyl/N-ethyl adjacent to an activating group) is 1. The Kier molecular flexibility index (Phi) is 18.9. The van der Waals surface area contributed by atoms with E-state index in [1.54, 1.807) is 35.2 Å². The molecule has 14 atom stereocenters. The molecule has 4 heterocycles. The molecular formula is C50H74N2O15. The van der Waals surface area contributed by atoms with Gasteiger partial charge >= 0.3 is 11.9 Å². The molecular weight excluding hydrogens is 869 g/mol. The molecule has 5 rings (SSSR count). The minimum Gasteiger partial charge on any atom is -0.464 e. The molecule has 1 saturated carbocycles. The smallest absolute Gasteiger partial charge is 0.347 e. The van der Waals surface area contributed by atoms with Crippen LogP contribution in [0.5, 0.6) is 0 Å². The highest BCUT2D eigenvalue weighted by atomic mass is 16.7. The van der Waals surface area contributed by atoms with Gasteiger partial charge in [-0.2, -0.15) is 0 Å². The number of allylic oxidation sites excluding steroid dienone is 3. The molecule has 17 heteroatoms. The first-order valence-corrected chi connectivity index (χ1v) is 23.9. The Balaban J connectivity index is 1.68. The van der Waals surface area contributed by atoms with Crippen molar-refractivity contribution in [2.45, 2.75) is 167 Å². The Morgan fingerprint density at radius 3 is 2.15 bits per heavy atom. The number of nitrogens with zero attached hydrogens (tertiary/aromatic N) is 2. The second-order valence-corrected chi connectivity index (χ2v) is 19.5. The van der Waals surface area contributed by atoms with E-state index in [0.29, 0.717) is 69.9 Å². The van der Waals surface area contributed by atoms with Crippen LogP contribution in [-0.2, 0) is 71.5 Å². The molecule has 4 aliphatic heterocycles. The van der Waals surface area contributed by atoms with E-state index in [4.69, 9.17) is 37.9 Å². The van der Waals surface area contributed by atoms with Crippen molar-refractivity contribution in [2.75, 3.05) is 42.0 Å². The first-order chi connectivity index (χ1) is 31.9. The van der Waals surface area contributed by atoms with Gasteiger partial charge in [-0.1, -0.05) is 45.4 Å². The lowest BCUT2D eigenvalue weighted by Gasteiger charge is -2.48. The third-order valence-electron chi connectivity index (χ3n) is 14.6. The number of fused-ring (bicyclic) bond motifs is 2. The third-order valence-corrected chi connectivity index (χ3v) is 14.6. The number of Topliss-reactive ketones (excluding diaryl/α,β-unsaturated/α-hetero) is 1. The Morgan fingerprint density at radius 1 is 0.866 bits per heavy atom. The molecule has 17 nitrogen and oxygen atoms in total. The number of esters is 2. The van der Waals surface area contributed by atoms with Gasteiger partial charge in [0.25, 0.3) is 24.8 Å². The van der Waals surface area contributed by atoms with Crippen molar-refractivity contribution in [1.29, 1.82) is 0 Å². The van der Waals surface area contributed by atoms with E-state index in [9.17, 15) is 28.8 Å². The van der Waals surface area contributed by atoms with Crippen LogP contribution in [-0.4, -0.2) is 149 Å². The van der Waals surface area contributed by atoms with Crippen molar-refractivity contribution in [2.24, 2.45) is 29.6 Å². The maximum atomic E-state index is 15.5. The quantitative estimate of drug-likeness (QED) is 0.0859. The predicted molar refractivity (Wildman–Crippen MR) is 243 cm³/mol. The minimum atomic E-state index is -2.05. The molecule has 0 aromatic heterocycles. The summed E-state index contributed by atoms with van der Waals surface area (Å²) < 4.78 is 48.4. The van der Waals surface area contributed by atoms with Gasteiger partial charge in [-0.3, -0.25) is 24.0 Å². The zero-order valence-corrected chi connectivity index (χ0v) is 41.3. The lowest BCUT2D eigenvalue weighted by Crippen LogP contribution is -2.61. The van der Waals surface area contributed by atoms with Gasteiger partial charge in [0, 0.05) is 66.1 Å². The molecule has 5 aliphatic rings. The summed E-state index contributed by atoms with van der Waals surface area (Å²) in [5, 5.41) is 0. The van der Waals surface area contributed by atoms with Crippen LogP contribution in [0.1, 0.15) is 112 Å². The van der Waals surface area contributed by atoms with Gasteiger partial charge in [-0.25, -0.2) is 9.59 Å². The van der Waals surface area contributed by atoms with Crippen LogP contribution < -0.4 is 0 Å². The summed E-state index contributed by atoms with van der Waals surface area (Å²) in [7, 11) is 7.60. The maximum Gasteiger partial charge on any atom is 0.347 e. The Hall–Kier alpha value is -4.45. The van der Waals surface area contributed by atoms with E-state index in [2.05, 4.69) is 6.92 Å². The van der Waals surface area contributed by atoms with Crippen LogP contribution in [0.3, 0.4) is 0 Å². The molecule has 2 saturated heterocycles. The zero-order valence-electron chi connectivity index (χ0n) is 41.3. The van der Waals surface area contributed by atoms with Crippen LogP contribution >= 0.6 is 0 Å². The summed E-state index contributed by atoms with van der Waals surface area (Å²) in [6, 6.07) is -1.18. The predicted octanol–water partition coefficient (Wildman–Crippen LogP) is 5.21. The van der Waals surface area contributed by atoms with Crippen LogP contribution in [0.15, 0.2) is 34.4 Å². The standard InChI is InChI=1S/C50H74N2O15/c1-12-34-20-28(2)19-29(3)21-40(61-10)45-41(62-11)23-31(5)50(66-45)43(42(49(59)67-50)46(56)51(7)8)47(57)52-18-14-13-15-35(52)48(58)65-44(32(6)38(64-27-54)25-36(34)55)30(4)22-33-16-17-37(63-26-53)39(24-33)60-9/h20,22,26-27,29,31-35,37-41,44-45H,12-19,21,23-25H2,1-11H3/b28-20-,30-22+/t29-,31+,32+,33?,34+,35-,37+,38-,39+,40?,41-,44+,45+,50?/m0/s1. The molecule has 0 radical (unpaired) electrons. The van der Waals surface area contributed by atoms with Crippen molar-refractivity contribution in [3.8, 4) is 0 Å². The summed E-state index contributed by atoms with van der Waals surface area (Å²) in [5.41, 5.74) is 0.816. The summed E-state index contributed by atoms with van der Waals surface area (Å²) in [4.78, 5) is 98.8. The van der Waals surface area contributed by atoms with E-state index < -0.39 is 95.5 Å². The molecule has 0 aromatic carbocycles. The third kappa shape index (κ3) is 11.9. The number of ketones is 1. The molecule has 2 bridgehead atoms. The topological polar surface area (TPSA) is 200 Å². The summed E-state index contributed by atoms with van der Waals surface area (Å²) in [5.74, 6) is -7.55. The minimum absolute atomic E-state index is 0.0151. The van der Waals surface area contributed by atoms with Gasteiger partial charge in [0.2, 0.25) is 5.79 Å². The molecule has 0 N–H and O–H groups in total. The molecule has 67 heavy (non-hydrogen) atoms. The average molecular weight is 943 g/mol. The van der Waals surface area contributed by atoms with Crippen LogP contribution in [0, 0.1) is 29.6 Å². The lowest BCUT2D eigenvalue weighted by molar-refractivity contribution is -0.301. The SMILES string of the molecule is CC[C@@H]1/C=C(/C)C[C@H](C)CC(OC)[C@H]2OC3(OC(=O)C(C(=O)N(C)C)=C3C(=O)N3CCCC[C@H]3C(=O)O[C@H](/C(C)=C/C3CC[C@@H](OC=O)[C@H](OC)C3)[C@H](C)[C@@H](OC=O)CC1=O)[C@H](C)C[C@@H]2OC. The highest BCUT2D eigenvalue weighted by molar-refractivity contribution is 6.24. The van der Waals surface area contributed by atoms with Crippen molar-refractivity contribution in [3.63, 3.8) is 0 Å². The second-order valence-electron chi connectivity index (χ2n) is 19.5. The summed E-state index contributed by atoms with van der Waals surface area (Å²) in [6.45, 7) is 12.1. The first kappa shape index (κ1) is 53.5. The normalized spacial score (nSPS) is 37.1. The molecule has 2 amide bonds. The summed E-state index contributed by atoms with van der Waals surface area (Å²) >= 11 is 0. The monoisotopic (exact) mass is 943 g/mol. The van der Waals surface area contributed by atoms with E-state index in [1.165, 1.54) is 23.9 Å². The van der Waals surface area contributed by atoms with Crippen LogP contribution in [0.4, 0.5) is 0 Å². The number of rotatable bonds is 11. The van der Waals surface area contributed by atoms with Gasteiger partial charge in [0.05, 0.1) is 18.3 Å². The fourth-order valence-corrected chi connectivity index (χ4v) is 11.0. The number of piperidine rings is 1. The van der Waals surface area contributed by atoms with Gasteiger partial charge in [0.15, 0.2) is 0 Å². The van der Waals surface area contributed by atoms with Gasteiger partial charge in [-0.05, 0) is 95.5 Å². The molecule has 1 spiro atoms. The van der Waals surface area contributed by atoms with E-state index in [0.717, 1.165) is 5.57 Å². The number of ether oxygens (including phenoxy) is 8. The lowest BCUT2D eigenvalue weighted by atomic mass is 9.80. The van der Waals surface area contributed by atoms with Crippen molar-refractivity contribution in [1.82, 2.24) is 9.80 Å². The fraction of sp³-hybridized carbons (Fsp3) is 0.740. The first-order valence-electron chi connectivity index (χ1n) is 23.9. The molecule has 1 aliphatic carbocycles. The number of carbonyl (C=O) groups excluding carboxylic acids is 7. The van der Waals surface area contributed by atoms with Crippen molar-refractivity contribution >= 4 is 42.5 Å². The molecule has 3 unspecified atom stereocenters. The van der Waals surface area contributed by atoms with Crippen molar-refractivity contribution < 1.29 is 71.5 Å². The van der Waals surface area contributed by atoms with E-state index >= 15 is 4.79 Å². The van der Waals surface area contributed by atoms with Gasteiger partial charge < -0.3 is 47.7 Å². The average Bonchev–Trinajstić information content (AvgIpc) is 3.60. The summed E-state index contributed by atoms with van der Waals surface area (Å²) in [6.07, 6.45) is 3.60. The Labute approximate surface area is 395 Å². The number of cyclic esters (lactones) is 1. The largest absolute Gasteiger partial charge is 0.464 e. The Morgan fingerprint density at radius 2 is 1.52 bits per heavy atom. The van der Waals surface area contributed by atoms with E-state index in [1.807, 2.05) is 32.9 Å². The second kappa shape index (κ2) is 23.7. The molecule has 0 aromatic rings. The van der Waals surface area contributed by atoms with Crippen molar-refractivity contribution in [3.05, 3.63) is 34.4 Å². The fourth-order valence-electron chi connectivity index (χ4n) is 11.0. The highest BCUT2D eigenvalue weighted by Crippen LogP contribution is 2.49. The highest BCUT2D eigenvalue weighted by Gasteiger charge is 2.63. The van der Waals surface area contributed by atoms with Crippen LogP contribution in [0.25, 0.3) is 0 Å². The molecule has 3 fully saturated rings. The number of carbonyl (C=O) groups is 7. The number of methoxy groups -OCH3 is 3.